The zero-order valence-corrected chi connectivity index (χ0v) is 19.8. The smallest absolute Gasteiger partial charge is 0.218 e. The first-order chi connectivity index (χ1) is 13.6. The van der Waals surface area contributed by atoms with Crippen molar-refractivity contribution in [2.24, 2.45) is 10.9 Å². The molecule has 1 aromatic heterocycles. The lowest BCUT2D eigenvalue weighted by Gasteiger charge is -2.14. The summed E-state index contributed by atoms with van der Waals surface area (Å²) in [7, 11) is 3.78. The van der Waals surface area contributed by atoms with Gasteiger partial charge in [0.25, 0.3) is 0 Å². The standard InChI is InChI=1S/C20H21Cl3N4OS/c1-6-19(12(3)20(19,22)23)17-13(9-24)18(29-26-17)28-16-7-11(2)15(8-14(16)21)25-10-27(4)5/h7-8,10,12H,6H2,1-5H3. The second-order valence-electron chi connectivity index (χ2n) is 7.35. The van der Waals surface area contributed by atoms with Crippen LogP contribution in [0.3, 0.4) is 0 Å². The Morgan fingerprint density at radius 2 is 2.07 bits per heavy atom. The van der Waals surface area contributed by atoms with Gasteiger partial charge in [0, 0.05) is 31.5 Å². The van der Waals surface area contributed by atoms with Crippen molar-refractivity contribution in [3.8, 4) is 16.9 Å². The SMILES string of the molecule is CCC1(c2nsc(Oc3cc(C)c(N=CN(C)C)cc3Cl)c2C#N)C(C)C1(Cl)Cl. The number of ether oxygens (including phenoxy) is 1. The molecule has 154 valence electrons. The molecular formula is C20H21Cl3N4OS. The summed E-state index contributed by atoms with van der Waals surface area (Å²) in [5.74, 6) is 0.433. The maximum Gasteiger partial charge on any atom is 0.218 e. The van der Waals surface area contributed by atoms with Gasteiger partial charge in [-0.3, -0.25) is 0 Å². The number of halogens is 3. The highest BCUT2D eigenvalue weighted by molar-refractivity contribution is 7.08. The molecule has 2 atom stereocenters. The zero-order chi connectivity index (χ0) is 21.6. The average Bonchev–Trinajstić information content (AvgIpc) is 2.94. The summed E-state index contributed by atoms with van der Waals surface area (Å²) in [6, 6.07) is 5.75. The van der Waals surface area contributed by atoms with E-state index >= 15 is 0 Å². The lowest BCUT2D eigenvalue weighted by Crippen LogP contribution is -2.16. The molecule has 1 aliphatic rings. The molecule has 29 heavy (non-hydrogen) atoms. The fourth-order valence-corrected chi connectivity index (χ4v) is 5.62. The summed E-state index contributed by atoms with van der Waals surface area (Å²) < 4.78 is 9.56. The van der Waals surface area contributed by atoms with E-state index in [9.17, 15) is 5.26 Å². The molecule has 1 saturated carbocycles. The number of aliphatic imine (C=N–C) groups is 1. The van der Waals surface area contributed by atoms with Gasteiger partial charge in [-0.15, -0.1) is 23.2 Å². The highest BCUT2D eigenvalue weighted by Gasteiger charge is 2.75. The van der Waals surface area contributed by atoms with Crippen LogP contribution < -0.4 is 4.74 Å². The quantitative estimate of drug-likeness (QED) is 0.275. The van der Waals surface area contributed by atoms with E-state index in [0.29, 0.717) is 33.5 Å². The Hall–Kier alpha value is -1.52. The van der Waals surface area contributed by atoms with E-state index in [1.807, 2.05) is 39.8 Å². The van der Waals surface area contributed by atoms with Crippen LogP contribution in [-0.4, -0.2) is 34.0 Å². The number of aryl methyl sites for hydroxylation is 1. The number of rotatable bonds is 6. The van der Waals surface area contributed by atoms with Gasteiger partial charge in [0.2, 0.25) is 5.06 Å². The lowest BCUT2D eigenvalue weighted by molar-refractivity contribution is 0.492. The maximum atomic E-state index is 9.79. The van der Waals surface area contributed by atoms with Gasteiger partial charge in [-0.1, -0.05) is 25.4 Å². The Labute approximate surface area is 190 Å². The molecule has 5 nitrogen and oxygen atoms in total. The second-order valence-corrected chi connectivity index (χ2v) is 9.88. The second kappa shape index (κ2) is 7.96. The fraction of sp³-hybridized carbons (Fsp3) is 0.450. The van der Waals surface area contributed by atoms with Crippen molar-refractivity contribution < 1.29 is 4.74 Å². The van der Waals surface area contributed by atoms with Gasteiger partial charge in [0.1, 0.15) is 21.7 Å². The molecule has 2 aromatic rings. The maximum absolute atomic E-state index is 9.79. The predicted molar refractivity (Wildman–Crippen MR) is 121 cm³/mol. The normalized spacial score (nSPS) is 22.5. The van der Waals surface area contributed by atoms with Gasteiger partial charge >= 0.3 is 0 Å². The lowest BCUT2D eigenvalue weighted by atomic mass is 9.93. The molecule has 0 spiro atoms. The Balaban J connectivity index is 1.96. The van der Waals surface area contributed by atoms with Crippen molar-refractivity contribution in [1.29, 1.82) is 5.26 Å². The third-order valence-corrected chi connectivity index (χ3v) is 7.78. The summed E-state index contributed by atoms with van der Waals surface area (Å²) in [5, 5.41) is 10.6. The summed E-state index contributed by atoms with van der Waals surface area (Å²) in [6.45, 7) is 5.89. The summed E-state index contributed by atoms with van der Waals surface area (Å²) in [4.78, 5) is 6.24. The van der Waals surface area contributed by atoms with Crippen LogP contribution >= 0.6 is 46.3 Å². The monoisotopic (exact) mass is 470 g/mol. The first-order valence-electron chi connectivity index (χ1n) is 9.06. The highest BCUT2D eigenvalue weighted by Crippen LogP contribution is 2.71. The Morgan fingerprint density at radius 3 is 2.59 bits per heavy atom. The third-order valence-electron chi connectivity index (χ3n) is 5.43. The Bertz CT molecular complexity index is 1010. The minimum Gasteiger partial charge on any atom is -0.442 e. The van der Waals surface area contributed by atoms with E-state index in [1.165, 1.54) is 0 Å². The molecule has 1 aliphatic carbocycles. The van der Waals surface area contributed by atoms with E-state index < -0.39 is 9.75 Å². The van der Waals surface area contributed by atoms with E-state index in [4.69, 9.17) is 39.5 Å². The molecule has 1 heterocycles. The molecular weight excluding hydrogens is 451 g/mol. The van der Waals surface area contributed by atoms with Crippen LogP contribution in [0.15, 0.2) is 17.1 Å². The molecule has 0 radical (unpaired) electrons. The van der Waals surface area contributed by atoms with Crippen molar-refractivity contribution in [2.45, 2.75) is 36.9 Å². The van der Waals surface area contributed by atoms with Crippen LogP contribution in [0.5, 0.6) is 10.8 Å². The zero-order valence-electron chi connectivity index (χ0n) is 16.8. The molecule has 0 amide bonds. The van der Waals surface area contributed by atoms with Gasteiger partial charge in [-0.2, -0.15) is 9.64 Å². The van der Waals surface area contributed by atoms with Gasteiger partial charge in [-0.05, 0) is 31.0 Å². The summed E-state index contributed by atoms with van der Waals surface area (Å²) in [5.41, 5.74) is 2.04. The van der Waals surface area contributed by atoms with E-state index in [0.717, 1.165) is 22.8 Å². The molecule has 0 aliphatic heterocycles. The summed E-state index contributed by atoms with van der Waals surface area (Å²) >= 11 is 20.5. The van der Waals surface area contributed by atoms with Crippen molar-refractivity contribution >= 4 is 58.4 Å². The molecule has 2 unspecified atom stereocenters. The predicted octanol–water partition coefficient (Wildman–Crippen LogP) is 6.46. The molecule has 0 N–H and O–H groups in total. The molecule has 1 aromatic carbocycles. The molecule has 1 fully saturated rings. The van der Waals surface area contributed by atoms with Gasteiger partial charge in [0.15, 0.2) is 0 Å². The fourth-order valence-electron chi connectivity index (χ4n) is 3.60. The highest BCUT2D eigenvalue weighted by atomic mass is 35.5. The Morgan fingerprint density at radius 1 is 1.41 bits per heavy atom. The van der Waals surface area contributed by atoms with Crippen LogP contribution in [0.2, 0.25) is 5.02 Å². The topological polar surface area (TPSA) is 61.5 Å². The van der Waals surface area contributed by atoms with Crippen LogP contribution in [0.1, 0.15) is 37.1 Å². The first kappa shape index (κ1) is 22.2. The van der Waals surface area contributed by atoms with Crippen LogP contribution in [0.4, 0.5) is 5.69 Å². The number of hydrogen-bond donors (Lipinski definition) is 0. The molecule has 0 saturated heterocycles. The minimum atomic E-state index is -0.945. The number of benzene rings is 1. The number of nitriles is 1. The number of nitrogens with zero attached hydrogens (tertiary/aromatic N) is 4. The summed E-state index contributed by atoms with van der Waals surface area (Å²) in [6.07, 6.45) is 2.38. The van der Waals surface area contributed by atoms with Crippen molar-refractivity contribution in [1.82, 2.24) is 9.27 Å². The number of hydrogen-bond acceptors (Lipinski definition) is 5. The number of aromatic nitrogens is 1. The van der Waals surface area contributed by atoms with Crippen molar-refractivity contribution in [2.75, 3.05) is 14.1 Å². The van der Waals surface area contributed by atoms with E-state index in [1.54, 1.807) is 18.5 Å². The van der Waals surface area contributed by atoms with Gasteiger partial charge < -0.3 is 9.64 Å². The van der Waals surface area contributed by atoms with E-state index in [2.05, 4.69) is 15.4 Å². The van der Waals surface area contributed by atoms with Crippen molar-refractivity contribution in [3.05, 3.63) is 34.0 Å². The molecule has 3 rings (SSSR count). The number of alkyl halides is 2. The average molecular weight is 472 g/mol. The first-order valence-corrected chi connectivity index (χ1v) is 11.0. The van der Waals surface area contributed by atoms with Gasteiger partial charge in [-0.25, -0.2) is 4.99 Å². The molecule has 0 bridgehead atoms. The van der Waals surface area contributed by atoms with Crippen molar-refractivity contribution in [3.63, 3.8) is 0 Å². The molecule has 9 heteroatoms. The van der Waals surface area contributed by atoms with Gasteiger partial charge in [0.05, 0.1) is 28.2 Å². The Kier molecular flexibility index (Phi) is 6.08. The largest absolute Gasteiger partial charge is 0.442 e. The third kappa shape index (κ3) is 3.59. The minimum absolute atomic E-state index is 0.00921. The van der Waals surface area contributed by atoms with Crippen LogP contribution in [0.25, 0.3) is 0 Å². The van der Waals surface area contributed by atoms with E-state index in [-0.39, 0.29) is 5.92 Å². The van der Waals surface area contributed by atoms with Crippen LogP contribution in [-0.2, 0) is 5.41 Å². The van der Waals surface area contributed by atoms with Crippen LogP contribution in [0, 0.1) is 24.2 Å².